The van der Waals surface area contributed by atoms with Crippen LogP contribution >= 0.6 is 11.6 Å². The van der Waals surface area contributed by atoms with Crippen molar-refractivity contribution in [3.63, 3.8) is 0 Å². The van der Waals surface area contributed by atoms with E-state index in [-0.39, 0.29) is 16.0 Å². The molecule has 1 aromatic heterocycles. The Hall–Kier alpha value is -3.14. The van der Waals surface area contributed by atoms with E-state index in [0.717, 1.165) is 35.3 Å². The minimum atomic E-state index is -3.54. The predicted octanol–water partition coefficient (Wildman–Crippen LogP) is 8.61. The first-order chi connectivity index (χ1) is 22.0. The van der Waals surface area contributed by atoms with Gasteiger partial charge in [-0.1, -0.05) is 42.7 Å². The molecule has 10 heteroatoms. The van der Waals surface area contributed by atoms with Crippen LogP contribution in [0.25, 0.3) is 5.57 Å². The Morgan fingerprint density at radius 1 is 0.978 bits per heavy atom. The first-order valence-corrected chi connectivity index (χ1v) is 18.6. The summed E-state index contributed by atoms with van der Waals surface area (Å²) >= 11 is 6.51. The molecule has 2 aliphatic carbocycles. The highest BCUT2D eigenvalue weighted by Crippen LogP contribution is 2.43. The Kier molecular flexibility index (Phi) is 9.65. The Morgan fingerprint density at radius 3 is 2.35 bits per heavy atom. The van der Waals surface area contributed by atoms with Gasteiger partial charge in [0.05, 0.1) is 33.8 Å². The lowest BCUT2D eigenvalue weighted by molar-refractivity contribution is 0.177. The molecule has 0 unspecified atom stereocenters. The number of hydrogen-bond acceptors (Lipinski definition) is 8. The zero-order valence-electron chi connectivity index (χ0n) is 27.4. The average Bonchev–Trinajstić information content (AvgIpc) is 2.94. The Morgan fingerprint density at radius 2 is 1.70 bits per heavy atom. The molecule has 2 saturated carbocycles. The van der Waals surface area contributed by atoms with E-state index in [9.17, 15) is 8.42 Å². The maximum atomic E-state index is 13.0. The first-order valence-electron chi connectivity index (χ1n) is 16.7. The minimum absolute atomic E-state index is 0.0358. The zero-order valence-corrected chi connectivity index (χ0v) is 29.0. The number of benzene rings is 2. The fourth-order valence-corrected chi connectivity index (χ4v) is 7.95. The number of halogens is 1. The molecule has 46 heavy (non-hydrogen) atoms. The van der Waals surface area contributed by atoms with Gasteiger partial charge >= 0.3 is 0 Å². The molecule has 2 fully saturated rings. The number of anilines is 4. The molecule has 3 aromatic rings. The summed E-state index contributed by atoms with van der Waals surface area (Å²) in [6.45, 7) is 9.53. The third kappa shape index (κ3) is 6.92. The second-order valence-electron chi connectivity index (χ2n) is 13.6. The number of aryl methyl sites for hydroxylation is 1. The van der Waals surface area contributed by atoms with Gasteiger partial charge in [-0.25, -0.2) is 13.4 Å². The molecule has 0 radical (unpaired) electrons. The van der Waals surface area contributed by atoms with Gasteiger partial charge in [0.15, 0.2) is 15.7 Å². The number of nitrogens with zero attached hydrogens (tertiary/aromatic N) is 2. The highest BCUT2D eigenvalue weighted by atomic mass is 35.5. The van der Waals surface area contributed by atoms with Crippen molar-refractivity contribution in [1.82, 2.24) is 15.3 Å². The van der Waals surface area contributed by atoms with Gasteiger partial charge in [0.1, 0.15) is 10.8 Å². The fraction of sp³-hybridized carbons (Fsp3) is 0.500. The van der Waals surface area contributed by atoms with Crippen LogP contribution in [0.2, 0.25) is 5.02 Å². The van der Waals surface area contributed by atoms with Crippen molar-refractivity contribution in [2.24, 2.45) is 11.8 Å². The molecule has 2 atom stereocenters. The van der Waals surface area contributed by atoms with Crippen molar-refractivity contribution in [3.05, 3.63) is 64.8 Å². The number of hydrogen-bond donors (Lipinski definition) is 3. The molecule has 3 N–H and O–H groups in total. The van der Waals surface area contributed by atoms with E-state index in [0.29, 0.717) is 29.5 Å². The molecule has 0 amide bonds. The topological polar surface area (TPSA) is 105 Å². The third-order valence-electron chi connectivity index (χ3n) is 9.70. The van der Waals surface area contributed by atoms with E-state index in [1.807, 2.05) is 13.8 Å². The molecule has 2 aromatic carbocycles. The largest absolute Gasteiger partial charge is 0.489 e. The summed E-state index contributed by atoms with van der Waals surface area (Å²) < 4.78 is 32.4. The summed E-state index contributed by atoms with van der Waals surface area (Å²) in [5.41, 5.74) is 4.97. The van der Waals surface area contributed by atoms with E-state index in [1.54, 1.807) is 38.1 Å². The summed E-state index contributed by atoms with van der Waals surface area (Å²) in [6.07, 6.45) is 12.9. The Bertz CT molecular complexity index is 1720. The number of nitrogens with one attached hydrogen (secondary N) is 3. The monoisotopic (exact) mass is 663 g/mol. The molecule has 6 rings (SSSR count). The lowest BCUT2D eigenvalue weighted by Gasteiger charge is -2.44. The van der Waals surface area contributed by atoms with Crippen molar-refractivity contribution >= 4 is 50.2 Å². The molecule has 2 heterocycles. The number of rotatable bonds is 11. The summed E-state index contributed by atoms with van der Waals surface area (Å²) in [4.78, 5) is 9.28. The Labute approximate surface area is 278 Å². The van der Waals surface area contributed by atoms with Crippen molar-refractivity contribution in [3.8, 4) is 5.75 Å². The molecule has 0 bridgehead atoms. The smallest absolute Gasteiger partial charge is 0.229 e. The van der Waals surface area contributed by atoms with Crippen LogP contribution in [-0.2, 0) is 9.84 Å². The van der Waals surface area contributed by atoms with Crippen LogP contribution in [0.1, 0.15) is 83.8 Å². The van der Waals surface area contributed by atoms with Crippen LogP contribution in [0.5, 0.6) is 5.75 Å². The van der Waals surface area contributed by atoms with E-state index in [2.05, 4.69) is 51.1 Å². The normalized spacial score (nSPS) is 20.7. The SMILES string of the molecule is Cc1cc(Nc2ncc(Cl)c(Nc3ccccc3S(=O)(=O)C(C)C)n2)c(OC(C)C)cc1C1=C[C@H](C2CCC2)N[C@@H](C2CCC2)C1. The second-order valence-corrected chi connectivity index (χ2v) is 16.5. The van der Waals surface area contributed by atoms with Crippen LogP contribution in [0.15, 0.2) is 53.6 Å². The van der Waals surface area contributed by atoms with Crippen LogP contribution in [-0.4, -0.2) is 41.8 Å². The van der Waals surface area contributed by atoms with Gasteiger partial charge in [-0.05, 0) is 120 Å². The number of aromatic nitrogens is 2. The van der Waals surface area contributed by atoms with Gasteiger partial charge in [0.25, 0.3) is 0 Å². The van der Waals surface area contributed by atoms with E-state index < -0.39 is 15.1 Å². The van der Waals surface area contributed by atoms with Crippen LogP contribution in [0.3, 0.4) is 0 Å². The van der Waals surface area contributed by atoms with Crippen LogP contribution < -0.4 is 20.7 Å². The molecule has 8 nitrogen and oxygen atoms in total. The van der Waals surface area contributed by atoms with Crippen molar-refractivity contribution in [2.45, 2.75) is 108 Å². The summed E-state index contributed by atoms with van der Waals surface area (Å²) in [6, 6.07) is 12.0. The molecule has 1 aliphatic heterocycles. The van der Waals surface area contributed by atoms with Gasteiger partial charge in [0, 0.05) is 12.1 Å². The van der Waals surface area contributed by atoms with E-state index in [4.69, 9.17) is 16.3 Å². The molecular weight excluding hydrogens is 618 g/mol. The maximum Gasteiger partial charge on any atom is 0.229 e. The highest BCUT2D eigenvalue weighted by Gasteiger charge is 2.36. The summed E-state index contributed by atoms with van der Waals surface area (Å²) in [5, 5.41) is 10.2. The van der Waals surface area contributed by atoms with Crippen LogP contribution in [0, 0.1) is 18.8 Å². The molecule has 0 saturated heterocycles. The van der Waals surface area contributed by atoms with Crippen molar-refractivity contribution < 1.29 is 13.2 Å². The average molecular weight is 664 g/mol. The van der Waals surface area contributed by atoms with E-state index in [1.165, 1.54) is 55.9 Å². The summed E-state index contributed by atoms with van der Waals surface area (Å²) in [7, 11) is -3.54. The van der Waals surface area contributed by atoms with Crippen molar-refractivity contribution in [1.29, 1.82) is 0 Å². The van der Waals surface area contributed by atoms with Gasteiger partial charge in [0.2, 0.25) is 5.95 Å². The van der Waals surface area contributed by atoms with Crippen molar-refractivity contribution in [2.75, 3.05) is 10.6 Å². The summed E-state index contributed by atoms with van der Waals surface area (Å²) in [5.74, 6) is 2.84. The van der Waals surface area contributed by atoms with Crippen LogP contribution in [0.4, 0.5) is 23.1 Å². The first kappa shape index (κ1) is 32.8. The lowest BCUT2D eigenvalue weighted by Crippen LogP contribution is -2.50. The maximum absolute atomic E-state index is 13.0. The quantitative estimate of drug-likeness (QED) is 0.187. The minimum Gasteiger partial charge on any atom is -0.489 e. The number of para-hydroxylation sites is 1. The Balaban J connectivity index is 1.30. The molecule has 0 spiro atoms. The van der Waals surface area contributed by atoms with Gasteiger partial charge in [-0.3, -0.25) is 0 Å². The van der Waals surface area contributed by atoms with Gasteiger partial charge in [-0.2, -0.15) is 4.98 Å². The molecule has 246 valence electrons. The predicted molar refractivity (Wildman–Crippen MR) is 187 cm³/mol. The molecule has 3 aliphatic rings. The second kappa shape index (κ2) is 13.5. The molecular formula is C36H46ClN5O3S. The van der Waals surface area contributed by atoms with E-state index >= 15 is 0 Å². The zero-order chi connectivity index (χ0) is 32.6. The number of ether oxygens (including phenoxy) is 1. The van der Waals surface area contributed by atoms with Gasteiger partial charge < -0.3 is 20.7 Å². The standard InChI is InChI=1S/C36H46ClN5O3S/c1-21(2)45-33-19-27(26-17-30(24-10-8-11-24)39-31(18-26)25-12-9-13-25)23(5)16-32(33)41-36-38-20-28(37)35(42-36)40-29-14-6-7-15-34(29)46(43,44)22(3)4/h6-7,14-17,19-22,24-25,30-31,39H,8-13,18H2,1-5H3,(H2,38,40,41,42)/t30-,31-/m1/s1. The lowest BCUT2D eigenvalue weighted by atomic mass is 9.71. The fourth-order valence-electron chi connectivity index (χ4n) is 6.61. The highest BCUT2D eigenvalue weighted by molar-refractivity contribution is 7.92. The third-order valence-corrected chi connectivity index (χ3v) is 12.2. The number of sulfone groups is 1. The van der Waals surface area contributed by atoms with Gasteiger partial charge in [-0.15, -0.1) is 0 Å².